The molecule has 24 heavy (non-hydrogen) atoms. The predicted octanol–water partition coefficient (Wildman–Crippen LogP) is 3.39. The van der Waals surface area contributed by atoms with E-state index in [1.54, 1.807) is 18.5 Å². The normalized spacial score (nSPS) is 11.3. The minimum atomic E-state index is -0.274. The van der Waals surface area contributed by atoms with Crippen LogP contribution < -0.4 is 10.3 Å². The molecule has 0 aliphatic heterocycles. The first-order chi connectivity index (χ1) is 11.7. The van der Waals surface area contributed by atoms with Gasteiger partial charge in [0.2, 0.25) is 0 Å². The van der Waals surface area contributed by atoms with E-state index in [2.05, 4.69) is 44.2 Å². The quantitative estimate of drug-likeness (QED) is 0.538. The van der Waals surface area contributed by atoms with Gasteiger partial charge < -0.3 is 9.88 Å². The van der Waals surface area contributed by atoms with Gasteiger partial charge in [-0.2, -0.15) is 5.10 Å². The molecule has 3 rings (SSSR count). The van der Waals surface area contributed by atoms with Crippen LogP contribution in [0, 0.1) is 5.82 Å². The Bertz CT molecular complexity index is 853. The van der Waals surface area contributed by atoms with Crippen LogP contribution in [-0.2, 0) is 0 Å². The third kappa shape index (κ3) is 3.34. The number of benzene rings is 1. The molecule has 2 aromatic heterocycles. The fourth-order valence-corrected chi connectivity index (χ4v) is 2.52. The second kappa shape index (κ2) is 7.08. The van der Waals surface area contributed by atoms with Crippen LogP contribution in [0.3, 0.4) is 0 Å². The van der Waals surface area contributed by atoms with E-state index in [-0.39, 0.29) is 5.82 Å². The summed E-state index contributed by atoms with van der Waals surface area (Å²) in [6, 6.07) is 6.46. The molecule has 2 N–H and O–H groups in total. The highest BCUT2D eigenvalue weighted by atomic mass is 19.1. The molecule has 3 aromatic rings. The van der Waals surface area contributed by atoms with Crippen molar-refractivity contribution in [2.45, 2.75) is 13.8 Å². The molecule has 0 radical (unpaired) electrons. The van der Waals surface area contributed by atoms with Gasteiger partial charge in [0.25, 0.3) is 0 Å². The molecular weight excluding hydrogens is 307 g/mol. The van der Waals surface area contributed by atoms with Gasteiger partial charge in [-0.1, -0.05) is 0 Å². The number of nitrogens with one attached hydrogen (secondary N) is 2. The summed E-state index contributed by atoms with van der Waals surface area (Å²) >= 11 is 0. The fourth-order valence-electron chi connectivity index (χ4n) is 2.52. The van der Waals surface area contributed by atoms with Crippen molar-refractivity contribution < 1.29 is 4.39 Å². The molecule has 2 heterocycles. The van der Waals surface area contributed by atoms with E-state index in [9.17, 15) is 4.39 Å². The van der Waals surface area contributed by atoms with Crippen LogP contribution in [0.15, 0.2) is 41.9 Å². The molecule has 0 aliphatic carbocycles. The number of H-pyrrole nitrogens is 1. The Morgan fingerprint density at radius 1 is 1.25 bits per heavy atom. The van der Waals surface area contributed by atoms with Gasteiger partial charge in [0.05, 0.1) is 6.21 Å². The topological polar surface area (TPSA) is 69.2 Å². The minimum absolute atomic E-state index is 0.274. The molecule has 0 saturated heterocycles. The van der Waals surface area contributed by atoms with Crippen LogP contribution in [0.5, 0.6) is 0 Å². The first-order valence-corrected chi connectivity index (χ1v) is 7.84. The SMILES string of the molecule is CCN(CC)c1cc(N/N=C/c2c[nH]c3ccc(F)cc23)ncn1. The summed E-state index contributed by atoms with van der Waals surface area (Å²) in [5.41, 5.74) is 4.56. The third-order valence-electron chi connectivity index (χ3n) is 3.80. The number of aromatic amines is 1. The van der Waals surface area contributed by atoms with Crippen molar-refractivity contribution in [3.8, 4) is 0 Å². The summed E-state index contributed by atoms with van der Waals surface area (Å²) in [7, 11) is 0. The van der Waals surface area contributed by atoms with Crippen molar-refractivity contribution in [2.75, 3.05) is 23.4 Å². The van der Waals surface area contributed by atoms with Crippen molar-refractivity contribution in [2.24, 2.45) is 5.10 Å². The monoisotopic (exact) mass is 326 g/mol. The molecule has 1 aromatic carbocycles. The zero-order valence-electron chi connectivity index (χ0n) is 13.6. The smallest absolute Gasteiger partial charge is 0.151 e. The van der Waals surface area contributed by atoms with E-state index in [4.69, 9.17) is 0 Å². The Morgan fingerprint density at radius 3 is 2.88 bits per heavy atom. The lowest BCUT2D eigenvalue weighted by Gasteiger charge is -2.19. The van der Waals surface area contributed by atoms with Gasteiger partial charge in [-0.05, 0) is 32.0 Å². The van der Waals surface area contributed by atoms with Gasteiger partial charge in [0.1, 0.15) is 18.0 Å². The van der Waals surface area contributed by atoms with Gasteiger partial charge in [-0.3, -0.25) is 5.43 Å². The molecule has 0 spiro atoms. The van der Waals surface area contributed by atoms with E-state index in [0.717, 1.165) is 35.4 Å². The Morgan fingerprint density at radius 2 is 2.08 bits per heavy atom. The Kier molecular flexibility index (Phi) is 4.69. The molecule has 0 amide bonds. The number of fused-ring (bicyclic) bond motifs is 1. The summed E-state index contributed by atoms with van der Waals surface area (Å²) in [5, 5.41) is 4.97. The summed E-state index contributed by atoms with van der Waals surface area (Å²) < 4.78 is 13.4. The molecule has 0 bridgehead atoms. The van der Waals surface area contributed by atoms with E-state index in [1.165, 1.54) is 18.5 Å². The maximum Gasteiger partial charge on any atom is 0.151 e. The van der Waals surface area contributed by atoms with Crippen molar-refractivity contribution >= 4 is 28.8 Å². The summed E-state index contributed by atoms with van der Waals surface area (Å²) in [6.45, 7) is 5.90. The molecular formula is C17H19FN6. The van der Waals surface area contributed by atoms with Gasteiger partial charge in [0, 0.05) is 41.8 Å². The lowest BCUT2D eigenvalue weighted by Crippen LogP contribution is -2.23. The Balaban J connectivity index is 1.76. The zero-order chi connectivity index (χ0) is 16.9. The highest BCUT2D eigenvalue weighted by Crippen LogP contribution is 2.18. The van der Waals surface area contributed by atoms with E-state index in [1.807, 2.05) is 6.07 Å². The maximum absolute atomic E-state index is 13.4. The Labute approximate surface area is 139 Å². The van der Waals surface area contributed by atoms with Crippen LogP contribution >= 0.6 is 0 Å². The number of hydrogen-bond donors (Lipinski definition) is 2. The number of aromatic nitrogens is 3. The Hall–Kier alpha value is -2.96. The third-order valence-corrected chi connectivity index (χ3v) is 3.80. The van der Waals surface area contributed by atoms with Crippen LogP contribution in [-0.4, -0.2) is 34.3 Å². The largest absolute Gasteiger partial charge is 0.361 e. The molecule has 0 unspecified atom stereocenters. The van der Waals surface area contributed by atoms with Crippen LogP contribution in [0.25, 0.3) is 10.9 Å². The summed E-state index contributed by atoms with van der Waals surface area (Å²) in [6.07, 6.45) is 4.93. The first-order valence-electron chi connectivity index (χ1n) is 7.84. The predicted molar refractivity (Wildman–Crippen MR) is 95.1 cm³/mol. The molecule has 124 valence electrons. The summed E-state index contributed by atoms with van der Waals surface area (Å²) in [4.78, 5) is 13.6. The molecule has 0 saturated carbocycles. The van der Waals surface area contributed by atoms with Gasteiger partial charge in [-0.15, -0.1) is 0 Å². The van der Waals surface area contributed by atoms with Gasteiger partial charge in [0.15, 0.2) is 5.82 Å². The lowest BCUT2D eigenvalue weighted by molar-refractivity contribution is 0.629. The molecule has 7 heteroatoms. The van der Waals surface area contributed by atoms with Crippen LogP contribution in [0.2, 0.25) is 0 Å². The van der Waals surface area contributed by atoms with Gasteiger partial charge >= 0.3 is 0 Å². The molecule has 0 fully saturated rings. The average Bonchev–Trinajstić information content (AvgIpc) is 2.99. The van der Waals surface area contributed by atoms with Crippen molar-refractivity contribution in [3.63, 3.8) is 0 Å². The maximum atomic E-state index is 13.4. The van der Waals surface area contributed by atoms with Crippen LogP contribution in [0.4, 0.5) is 16.0 Å². The van der Waals surface area contributed by atoms with Crippen molar-refractivity contribution in [3.05, 3.63) is 48.2 Å². The average molecular weight is 326 g/mol. The molecule has 6 nitrogen and oxygen atoms in total. The number of nitrogens with zero attached hydrogens (tertiary/aromatic N) is 4. The van der Waals surface area contributed by atoms with Gasteiger partial charge in [-0.25, -0.2) is 14.4 Å². The second-order valence-corrected chi connectivity index (χ2v) is 5.24. The van der Waals surface area contributed by atoms with Crippen LogP contribution in [0.1, 0.15) is 19.4 Å². The van der Waals surface area contributed by atoms with Crippen molar-refractivity contribution in [1.29, 1.82) is 0 Å². The number of anilines is 2. The first kappa shape index (κ1) is 15.9. The second-order valence-electron chi connectivity index (χ2n) is 5.24. The summed E-state index contributed by atoms with van der Waals surface area (Å²) in [5.74, 6) is 1.18. The van der Waals surface area contributed by atoms with E-state index < -0.39 is 0 Å². The molecule has 0 aliphatic rings. The number of hydrogen-bond acceptors (Lipinski definition) is 5. The van der Waals surface area contributed by atoms with E-state index >= 15 is 0 Å². The van der Waals surface area contributed by atoms with E-state index in [0.29, 0.717) is 5.82 Å². The zero-order valence-corrected chi connectivity index (χ0v) is 13.6. The standard InChI is InChI=1S/C17H19FN6/c1-3-24(4-2)17-8-16(20-11-21-17)23-22-10-12-9-19-15-6-5-13(18)7-14(12)15/h5-11,19H,3-4H2,1-2H3,(H,20,21,23)/b22-10+. The highest BCUT2D eigenvalue weighted by molar-refractivity contribution is 5.99. The fraction of sp³-hybridized carbons (Fsp3) is 0.235. The number of hydrazone groups is 1. The minimum Gasteiger partial charge on any atom is -0.361 e. The number of rotatable bonds is 6. The number of halogens is 1. The molecule has 0 atom stereocenters. The van der Waals surface area contributed by atoms with Crippen molar-refractivity contribution in [1.82, 2.24) is 15.0 Å². The highest BCUT2D eigenvalue weighted by Gasteiger charge is 2.05. The lowest BCUT2D eigenvalue weighted by atomic mass is 10.2.